The number of aliphatic imine (C=N–C) groups is 1. The number of aryl methyl sites for hydroxylation is 2. The molecule has 0 aliphatic carbocycles. The van der Waals surface area contributed by atoms with Gasteiger partial charge in [-0.25, -0.2) is 4.99 Å². The van der Waals surface area contributed by atoms with Crippen LogP contribution in [0, 0.1) is 6.92 Å². The molecule has 0 amide bonds. The average molecular weight is 430 g/mol. The van der Waals surface area contributed by atoms with E-state index in [4.69, 9.17) is 9.73 Å². The van der Waals surface area contributed by atoms with Crippen LogP contribution in [0.4, 0.5) is 5.69 Å². The third-order valence-electron chi connectivity index (χ3n) is 5.16. The van der Waals surface area contributed by atoms with Crippen LogP contribution in [0.25, 0.3) is 0 Å². The summed E-state index contributed by atoms with van der Waals surface area (Å²) in [5.41, 5.74) is 4.98. The van der Waals surface area contributed by atoms with Crippen LogP contribution in [0.5, 0.6) is 5.75 Å². The largest absolute Gasteiger partial charge is 0.495 e. The van der Waals surface area contributed by atoms with Gasteiger partial charge in [-0.05, 0) is 30.8 Å². The van der Waals surface area contributed by atoms with Gasteiger partial charge in [0.15, 0.2) is 0 Å². The minimum absolute atomic E-state index is 0.486. The van der Waals surface area contributed by atoms with Gasteiger partial charge in [0.25, 0.3) is 0 Å². The molecule has 32 heavy (non-hydrogen) atoms. The van der Waals surface area contributed by atoms with Gasteiger partial charge in [-0.15, -0.1) is 0 Å². The van der Waals surface area contributed by atoms with E-state index < -0.39 is 0 Å². The molecule has 6 heteroatoms. The zero-order chi connectivity index (χ0) is 23.1. The number of anilines is 1. The standard InChI is InChI=1S/C26H31N5O/c1-7-31(24-14-10-11-15-25(24)32-6)17-21(3)28-26(23-13-9-8-12-20(23)2)29(4)18-22-16-27-30(5)19-22/h7-16,19H,1,3,17-18H2,2,4-6H3. The number of para-hydroxylation sites is 2. The van der Waals surface area contributed by atoms with E-state index in [0.29, 0.717) is 18.8 Å². The summed E-state index contributed by atoms with van der Waals surface area (Å²) in [6, 6.07) is 16.1. The molecule has 0 fully saturated rings. The maximum atomic E-state index is 5.51. The van der Waals surface area contributed by atoms with Crippen molar-refractivity contribution >= 4 is 11.5 Å². The highest BCUT2D eigenvalue weighted by Gasteiger charge is 2.15. The summed E-state index contributed by atoms with van der Waals surface area (Å²) in [6.07, 6.45) is 5.66. The number of amidine groups is 1. The molecule has 166 valence electrons. The molecule has 3 rings (SSSR count). The topological polar surface area (TPSA) is 45.9 Å². The Hall–Kier alpha value is -3.80. The predicted octanol–water partition coefficient (Wildman–Crippen LogP) is 4.78. The quantitative estimate of drug-likeness (QED) is 0.363. The van der Waals surface area contributed by atoms with Crippen LogP contribution in [0.2, 0.25) is 0 Å². The average Bonchev–Trinajstić information content (AvgIpc) is 3.20. The molecule has 3 aromatic rings. The lowest BCUT2D eigenvalue weighted by Gasteiger charge is -2.25. The van der Waals surface area contributed by atoms with Gasteiger partial charge in [0.1, 0.15) is 11.6 Å². The van der Waals surface area contributed by atoms with Crippen LogP contribution in [0.1, 0.15) is 16.7 Å². The van der Waals surface area contributed by atoms with E-state index >= 15 is 0 Å². The van der Waals surface area contributed by atoms with Gasteiger partial charge in [-0.3, -0.25) is 4.68 Å². The first-order chi connectivity index (χ1) is 15.4. The Kier molecular flexibility index (Phi) is 7.49. The van der Waals surface area contributed by atoms with Gasteiger partial charge in [-0.1, -0.05) is 49.6 Å². The van der Waals surface area contributed by atoms with E-state index in [1.165, 1.54) is 0 Å². The minimum Gasteiger partial charge on any atom is -0.495 e. The Morgan fingerprint density at radius 1 is 1.19 bits per heavy atom. The molecular weight excluding hydrogens is 398 g/mol. The van der Waals surface area contributed by atoms with Crippen LogP contribution >= 0.6 is 0 Å². The minimum atomic E-state index is 0.486. The molecule has 0 saturated carbocycles. The van der Waals surface area contributed by atoms with E-state index in [-0.39, 0.29) is 0 Å². The Morgan fingerprint density at radius 3 is 2.56 bits per heavy atom. The highest BCUT2D eigenvalue weighted by molar-refractivity contribution is 6.00. The molecule has 2 aromatic carbocycles. The second kappa shape index (κ2) is 10.5. The molecule has 1 aromatic heterocycles. The molecular formula is C26H31N5O. The highest BCUT2D eigenvalue weighted by atomic mass is 16.5. The second-order valence-corrected chi connectivity index (χ2v) is 7.68. The summed E-state index contributed by atoms with van der Waals surface area (Å²) in [5, 5.41) is 4.28. The van der Waals surface area contributed by atoms with Crippen LogP contribution in [0.15, 0.2) is 91.0 Å². The van der Waals surface area contributed by atoms with Gasteiger partial charge in [0, 0.05) is 38.0 Å². The summed E-state index contributed by atoms with van der Waals surface area (Å²) < 4.78 is 7.32. The fraction of sp³-hybridized carbons (Fsp3) is 0.231. The normalized spacial score (nSPS) is 11.2. The molecule has 0 radical (unpaired) electrons. The number of hydrogen-bond donors (Lipinski definition) is 0. The number of methoxy groups -OCH3 is 1. The molecule has 0 aliphatic rings. The van der Waals surface area contributed by atoms with Gasteiger partial charge in [-0.2, -0.15) is 5.10 Å². The van der Waals surface area contributed by atoms with Gasteiger partial charge in [0.2, 0.25) is 0 Å². The van der Waals surface area contributed by atoms with E-state index in [2.05, 4.69) is 42.2 Å². The van der Waals surface area contributed by atoms with Crippen molar-refractivity contribution in [2.75, 3.05) is 25.6 Å². The van der Waals surface area contributed by atoms with Crippen molar-refractivity contribution in [2.45, 2.75) is 13.5 Å². The van der Waals surface area contributed by atoms with Crippen molar-refractivity contribution in [2.24, 2.45) is 12.0 Å². The van der Waals surface area contributed by atoms with Crippen molar-refractivity contribution in [3.63, 3.8) is 0 Å². The fourth-order valence-corrected chi connectivity index (χ4v) is 3.57. The van der Waals surface area contributed by atoms with E-state index in [1.54, 1.807) is 13.3 Å². The summed E-state index contributed by atoms with van der Waals surface area (Å²) in [5.74, 6) is 1.64. The van der Waals surface area contributed by atoms with Crippen molar-refractivity contribution < 1.29 is 4.74 Å². The molecule has 0 aliphatic heterocycles. The van der Waals surface area contributed by atoms with Crippen molar-refractivity contribution in [3.05, 3.63) is 103 Å². The van der Waals surface area contributed by atoms with Gasteiger partial charge >= 0.3 is 0 Å². The van der Waals surface area contributed by atoms with Gasteiger partial charge < -0.3 is 14.5 Å². The van der Waals surface area contributed by atoms with Crippen molar-refractivity contribution in [1.29, 1.82) is 0 Å². The van der Waals surface area contributed by atoms with Crippen molar-refractivity contribution in [1.82, 2.24) is 14.7 Å². The molecule has 0 N–H and O–H groups in total. The Morgan fingerprint density at radius 2 is 1.91 bits per heavy atom. The van der Waals surface area contributed by atoms with E-state index in [1.807, 2.05) is 72.5 Å². The Labute approximate surface area is 190 Å². The Balaban J connectivity index is 1.91. The molecule has 0 saturated heterocycles. The van der Waals surface area contributed by atoms with E-state index in [9.17, 15) is 0 Å². The number of ether oxygens (including phenoxy) is 1. The first kappa shape index (κ1) is 22.9. The lowest BCUT2D eigenvalue weighted by atomic mass is 10.1. The maximum absolute atomic E-state index is 5.51. The predicted molar refractivity (Wildman–Crippen MR) is 132 cm³/mol. The molecule has 0 atom stereocenters. The Bertz CT molecular complexity index is 1110. The smallest absolute Gasteiger partial charge is 0.142 e. The number of aromatic nitrogens is 2. The summed E-state index contributed by atoms with van der Waals surface area (Å²) in [7, 11) is 5.62. The van der Waals surface area contributed by atoms with Crippen LogP contribution in [-0.4, -0.2) is 41.2 Å². The highest BCUT2D eigenvalue weighted by Crippen LogP contribution is 2.28. The third-order valence-corrected chi connectivity index (χ3v) is 5.16. The second-order valence-electron chi connectivity index (χ2n) is 7.68. The van der Waals surface area contributed by atoms with Crippen LogP contribution in [-0.2, 0) is 13.6 Å². The molecule has 6 nitrogen and oxygen atoms in total. The van der Waals surface area contributed by atoms with Crippen molar-refractivity contribution in [3.8, 4) is 5.75 Å². The summed E-state index contributed by atoms with van der Waals surface area (Å²) in [6.45, 7) is 11.5. The number of hydrogen-bond acceptors (Lipinski definition) is 4. The molecule has 0 spiro atoms. The zero-order valence-electron chi connectivity index (χ0n) is 19.3. The zero-order valence-corrected chi connectivity index (χ0v) is 19.3. The first-order valence-electron chi connectivity index (χ1n) is 10.5. The lowest BCUT2D eigenvalue weighted by molar-refractivity contribution is 0.415. The van der Waals surface area contributed by atoms with E-state index in [0.717, 1.165) is 34.0 Å². The molecule has 1 heterocycles. The summed E-state index contributed by atoms with van der Waals surface area (Å²) in [4.78, 5) is 9.09. The maximum Gasteiger partial charge on any atom is 0.142 e. The molecule has 0 bridgehead atoms. The monoisotopic (exact) mass is 429 g/mol. The first-order valence-corrected chi connectivity index (χ1v) is 10.5. The lowest BCUT2D eigenvalue weighted by Crippen LogP contribution is -2.29. The number of benzene rings is 2. The number of rotatable bonds is 9. The fourth-order valence-electron chi connectivity index (χ4n) is 3.57. The number of nitrogens with zero attached hydrogens (tertiary/aromatic N) is 5. The van der Waals surface area contributed by atoms with Gasteiger partial charge in [0.05, 0.1) is 31.2 Å². The summed E-state index contributed by atoms with van der Waals surface area (Å²) >= 11 is 0. The third kappa shape index (κ3) is 5.46. The van der Waals surface area contributed by atoms with Crippen LogP contribution in [0.3, 0.4) is 0 Å². The SMILES string of the molecule is C=CN(CC(=C)N=C(c1ccccc1C)N(C)Cc1cnn(C)c1)c1ccccc1OC. The van der Waals surface area contributed by atoms with Crippen LogP contribution < -0.4 is 9.64 Å². The molecule has 0 unspecified atom stereocenters.